The number of thiophene rings is 1. The second-order valence-corrected chi connectivity index (χ2v) is 5.31. The van der Waals surface area contributed by atoms with E-state index in [2.05, 4.69) is 0 Å². The lowest BCUT2D eigenvalue weighted by molar-refractivity contribution is 0.0781. The van der Waals surface area contributed by atoms with Crippen LogP contribution in [0.2, 0.25) is 0 Å². The van der Waals surface area contributed by atoms with E-state index in [9.17, 15) is 13.6 Å². The molecule has 2 rings (SSSR count). The van der Waals surface area contributed by atoms with E-state index < -0.39 is 17.5 Å². The Hall–Kier alpha value is -1.75. The van der Waals surface area contributed by atoms with Crippen LogP contribution in [-0.4, -0.2) is 17.9 Å². The largest absolute Gasteiger partial charge is 0.336 e. The fraction of sp³-hybridized carbons (Fsp3) is 0.214. The molecule has 0 saturated heterocycles. The Labute approximate surface area is 114 Å². The first-order chi connectivity index (χ1) is 8.99. The molecule has 1 amide bonds. The summed E-state index contributed by atoms with van der Waals surface area (Å²) in [6.45, 7) is 2.34. The number of halogens is 2. The Morgan fingerprint density at radius 1 is 1.32 bits per heavy atom. The van der Waals surface area contributed by atoms with Crippen molar-refractivity contribution in [3.63, 3.8) is 0 Å². The van der Waals surface area contributed by atoms with Crippen LogP contribution in [-0.2, 0) is 6.54 Å². The number of aryl methyl sites for hydroxylation is 1. The minimum Gasteiger partial charge on any atom is -0.336 e. The van der Waals surface area contributed by atoms with Crippen molar-refractivity contribution < 1.29 is 13.6 Å². The summed E-state index contributed by atoms with van der Waals surface area (Å²) in [4.78, 5) is 14.5. The van der Waals surface area contributed by atoms with Gasteiger partial charge in [0.05, 0.1) is 12.1 Å². The molecule has 0 fully saturated rings. The van der Waals surface area contributed by atoms with Gasteiger partial charge in [-0.15, -0.1) is 11.3 Å². The van der Waals surface area contributed by atoms with Crippen LogP contribution in [0.5, 0.6) is 0 Å². The summed E-state index contributed by atoms with van der Waals surface area (Å²) < 4.78 is 26.6. The third-order valence-electron chi connectivity index (χ3n) is 2.85. The molecule has 0 aliphatic heterocycles. The van der Waals surface area contributed by atoms with Gasteiger partial charge >= 0.3 is 0 Å². The average Bonchev–Trinajstić information content (AvgIpc) is 2.77. The lowest BCUT2D eigenvalue weighted by atomic mass is 10.1. The van der Waals surface area contributed by atoms with Crippen molar-refractivity contribution in [3.05, 3.63) is 57.3 Å². The van der Waals surface area contributed by atoms with Gasteiger partial charge in [-0.1, -0.05) is 0 Å². The van der Waals surface area contributed by atoms with Crippen molar-refractivity contribution in [1.82, 2.24) is 4.90 Å². The zero-order valence-corrected chi connectivity index (χ0v) is 11.4. The van der Waals surface area contributed by atoms with Crippen molar-refractivity contribution in [2.24, 2.45) is 0 Å². The van der Waals surface area contributed by atoms with E-state index in [-0.39, 0.29) is 5.56 Å². The first kappa shape index (κ1) is 13.7. The molecule has 5 heteroatoms. The van der Waals surface area contributed by atoms with Gasteiger partial charge in [0.2, 0.25) is 0 Å². The van der Waals surface area contributed by atoms with E-state index in [0.29, 0.717) is 6.54 Å². The van der Waals surface area contributed by atoms with Gasteiger partial charge in [0.25, 0.3) is 5.91 Å². The maximum atomic E-state index is 13.5. The Morgan fingerprint density at radius 3 is 2.68 bits per heavy atom. The summed E-state index contributed by atoms with van der Waals surface area (Å²) >= 11 is 1.54. The average molecular weight is 281 g/mol. The summed E-state index contributed by atoms with van der Waals surface area (Å²) in [6.07, 6.45) is 0. The fourth-order valence-electron chi connectivity index (χ4n) is 1.72. The van der Waals surface area contributed by atoms with Crippen LogP contribution in [0.4, 0.5) is 8.78 Å². The Kier molecular flexibility index (Phi) is 3.95. The van der Waals surface area contributed by atoms with Gasteiger partial charge in [-0.25, -0.2) is 8.78 Å². The highest BCUT2D eigenvalue weighted by Crippen LogP contribution is 2.19. The minimum absolute atomic E-state index is 0.239. The molecule has 19 heavy (non-hydrogen) atoms. The SMILES string of the molecule is Cc1ccsc1CN(C)C(=O)c1cc(F)ccc1F. The smallest absolute Gasteiger partial charge is 0.257 e. The molecule has 0 saturated carbocycles. The van der Waals surface area contributed by atoms with Crippen molar-refractivity contribution in [3.8, 4) is 0 Å². The number of nitrogens with zero attached hydrogens (tertiary/aromatic N) is 1. The van der Waals surface area contributed by atoms with Gasteiger partial charge in [-0.2, -0.15) is 0 Å². The van der Waals surface area contributed by atoms with E-state index >= 15 is 0 Å². The van der Waals surface area contributed by atoms with Crippen LogP contribution in [0, 0.1) is 18.6 Å². The van der Waals surface area contributed by atoms with Crippen LogP contribution in [0.3, 0.4) is 0 Å². The molecule has 0 aliphatic rings. The lowest BCUT2D eigenvalue weighted by Crippen LogP contribution is -2.27. The molecule has 1 aromatic carbocycles. The summed E-state index contributed by atoms with van der Waals surface area (Å²) in [6, 6.07) is 4.85. The zero-order valence-electron chi connectivity index (χ0n) is 10.6. The highest BCUT2D eigenvalue weighted by Gasteiger charge is 2.18. The molecule has 0 radical (unpaired) electrons. The maximum Gasteiger partial charge on any atom is 0.257 e. The van der Waals surface area contributed by atoms with Gasteiger partial charge in [0, 0.05) is 11.9 Å². The molecule has 2 aromatic rings. The third-order valence-corrected chi connectivity index (χ3v) is 3.86. The highest BCUT2D eigenvalue weighted by atomic mass is 32.1. The lowest BCUT2D eigenvalue weighted by Gasteiger charge is -2.17. The second-order valence-electron chi connectivity index (χ2n) is 4.31. The topological polar surface area (TPSA) is 20.3 Å². The van der Waals surface area contributed by atoms with Crippen molar-refractivity contribution in [2.45, 2.75) is 13.5 Å². The van der Waals surface area contributed by atoms with Gasteiger partial charge in [-0.3, -0.25) is 4.79 Å². The maximum absolute atomic E-state index is 13.5. The number of hydrogen-bond donors (Lipinski definition) is 0. The molecule has 0 atom stereocenters. The molecule has 0 aliphatic carbocycles. The number of amides is 1. The number of rotatable bonds is 3. The molecular weight excluding hydrogens is 268 g/mol. The molecule has 0 bridgehead atoms. The number of hydrogen-bond acceptors (Lipinski definition) is 2. The van der Waals surface area contributed by atoms with Crippen LogP contribution in [0.25, 0.3) is 0 Å². The standard InChI is InChI=1S/C14H13F2NOS/c1-9-5-6-19-13(9)8-17(2)14(18)11-7-10(15)3-4-12(11)16/h3-7H,8H2,1-2H3. The molecule has 2 nitrogen and oxygen atoms in total. The van der Waals surface area contributed by atoms with Crippen molar-refractivity contribution >= 4 is 17.2 Å². The third kappa shape index (κ3) is 2.98. The van der Waals surface area contributed by atoms with Gasteiger partial charge in [0.15, 0.2) is 0 Å². The summed E-state index contributed by atoms with van der Waals surface area (Å²) in [7, 11) is 1.58. The molecular formula is C14H13F2NOS. The molecule has 1 aromatic heterocycles. The zero-order chi connectivity index (χ0) is 14.0. The Morgan fingerprint density at radius 2 is 2.05 bits per heavy atom. The molecule has 1 heterocycles. The van der Waals surface area contributed by atoms with Crippen molar-refractivity contribution in [2.75, 3.05) is 7.05 Å². The summed E-state index contributed by atoms with van der Waals surface area (Å²) in [5, 5.41) is 1.94. The van der Waals surface area contributed by atoms with Crippen LogP contribution in [0.15, 0.2) is 29.6 Å². The predicted octanol–water partition coefficient (Wildman–Crippen LogP) is 3.61. The molecule has 100 valence electrons. The number of carbonyl (C=O) groups excluding carboxylic acids is 1. The normalized spacial score (nSPS) is 10.5. The van der Waals surface area contributed by atoms with Crippen LogP contribution < -0.4 is 0 Å². The van der Waals surface area contributed by atoms with Crippen LogP contribution in [0.1, 0.15) is 20.8 Å². The van der Waals surface area contributed by atoms with E-state index in [1.165, 1.54) is 16.2 Å². The summed E-state index contributed by atoms with van der Waals surface area (Å²) in [5.41, 5.74) is 0.848. The van der Waals surface area contributed by atoms with Gasteiger partial charge in [0.1, 0.15) is 11.6 Å². The molecule has 0 N–H and O–H groups in total. The first-order valence-corrected chi connectivity index (χ1v) is 6.60. The molecule has 0 spiro atoms. The second kappa shape index (κ2) is 5.48. The summed E-state index contributed by atoms with van der Waals surface area (Å²) in [5.74, 6) is -1.85. The fourth-order valence-corrected chi connectivity index (χ4v) is 2.68. The predicted molar refractivity (Wildman–Crippen MR) is 71.2 cm³/mol. The van der Waals surface area contributed by atoms with E-state index in [4.69, 9.17) is 0 Å². The van der Waals surface area contributed by atoms with E-state index in [0.717, 1.165) is 28.6 Å². The van der Waals surface area contributed by atoms with E-state index in [1.807, 2.05) is 18.4 Å². The van der Waals surface area contributed by atoms with Crippen LogP contribution >= 0.6 is 11.3 Å². The Bertz CT molecular complexity index is 609. The monoisotopic (exact) mass is 281 g/mol. The quantitative estimate of drug-likeness (QED) is 0.841. The highest BCUT2D eigenvalue weighted by molar-refractivity contribution is 7.10. The van der Waals surface area contributed by atoms with Crippen molar-refractivity contribution in [1.29, 1.82) is 0 Å². The Balaban J connectivity index is 2.19. The molecule has 0 unspecified atom stereocenters. The number of carbonyl (C=O) groups is 1. The van der Waals surface area contributed by atoms with Gasteiger partial charge in [-0.05, 0) is 42.1 Å². The van der Waals surface area contributed by atoms with E-state index in [1.54, 1.807) is 7.05 Å². The minimum atomic E-state index is -0.707. The van der Waals surface area contributed by atoms with Gasteiger partial charge < -0.3 is 4.90 Å². The first-order valence-electron chi connectivity index (χ1n) is 5.72. The number of benzene rings is 1.